The van der Waals surface area contributed by atoms with Gasteiger partial charge in [-0.2, -0.15) is 8.78 Å². The molecule has 6 N–H and O–H groups in total. The van der Waals surface area contributed by atoms with Crippen molar-refractivity contribution in [3.8, 4) is 11.5 Å². The van der Waals surface area contributed by atoms with E-state index in [4.69, 9.17) is 9.84 Å². The van der Waals surface area contributed by atoms with E-state index in [9.17, 15) is 23.6 Å². The van der Waals surface area contributed by atoms with Crippen LogP contribution in [-0.2, 0) is 20.2 Å². The van der Waals surface area contributed by atoms with E-state index in [1.54, 1.807) is 0 Å². The third-order valence-corrected chi connectivity index (χ3v) is 7.12. The van der Waals surface area contributed by atoms with Crippen LogP contribution in [0, 0.1) is 12.7 Å². The first-order valence-electron chi connectivity index (χ1n) is 14.3. The van der Waals surface area contributed by atoms with E-state index >= 15 is 8.78 Å². The zero-order chi connectivity index (χ0) is 35.5. The van der Waals surface area contributed by atoms with Crippen LogP contribution >= 0.6 is 0 Å². The summed E-state index contributed by atoms with van der Waals surface area (Å²) in [5.74, 6) is -6.26. The van der Waals surface area contributed by atoms with Crippen LogP contribution in [0.3, 0.4) is 0 Å². The Kier molecular flexibility index (Phi) is 9.52. The first-order valence-corrected chi connectivity index (χ1v) is 14.3. The van der Waals surface area contributed by atoms with Crippen molar-refractivity contribution in [1.29, 1.82) is 0 Å². The number of esters is 1. The summed E-state index contributed by atoms with van der Waals surface area (Å²) >= 11 is 0. The number of aromatic nitrogens is 2. The molecule has 1 aliphatic heterocycles. The predicted octanol–water partition coefficient (Wildman–Crippen LogP) is 5.78. The molecule has 0 aliphatic carbocycles. The summed E-state index contributed by atoms with van der Waals surface area (Å²) in [5, 5.41) is 18.5. The number of rotatable bonds is 10. The lowest BCUT2D eigenvalue weighted by Crippen LogP contribution is -2.22. The molecule has 3 heterocycles. The molecule has 0 saturated heterocycles. The molecule has 0 unspecified atom stereocenters. The van der Waals surface area contributed by atoms with Crippen molar-refractivity contribution in [3.63, 3.8) is 0 Å². The summed E-state index contributed by atoms with van der Waals surface area (Å²) in [6.45, 7) is 3.73. The quantitative estimate of drug-likeness (QED) is 0.0694. The number of hydrogen-bond donors (Lipinski definition) is 6. The van der Waals surface area contributed by atoms with E-state index in [0.29, 0.717) is 17.6 Å². The summed E-state index contributed by atoms with van der Waals surface area (Å²) in [5.41, 5.74) is -1.20. The first kappa shape index (κ1) is 33.9. The average molecular weight is 677 g/mol. The number of carbonyl (C=O) groups excluding carboxylic acids is 4. The number of methoxy groups -OCH3 is 1. The Balaban J connectivity index is 1.38. The van der Waals surface area contributed by atoms with Gasteiger partial charge in [0.05, 0.1) is 41.0 Å². The molecular formula is C33H27F3N6O7. The molecule has 0 saturated carbocycles. The van der Waals surface area contributed by atoms with Crippen LogP contribution in [0.4, 0.5) is 40.7 Å². The summed E-state index contributed by atoms with van der Waals surface area (Å²) in [7, 11) is 1.22. The number of fused-ring (bicyclic) bond motifs is 1. The van der Waals surface area contributed by atoms with Crippen LogP contribution in [0.1, 0.15) is 33.0 Å². The monoisotopic (exact) mass is 676 g/mol. The van der Waals surface area contributed by atoms with Gasteiger partial charge in [0.25, 0.3) is 11.8 Å². The van der Waals surface area contributed by atoms with Crippen molar-refractivity contribution in [2.45, 2.75) is 12.8 Å². The molecule has 4 amide bonds. The Morgan fingerprint density at radius 1 is 1.06 bits per heavy atom. The maximum atomic E-state index is 15.3. The fourth-order valence-corrected chi connectivity index (χ4v) is 4.86. The Bertz CT molecular complexity index is 2030. The number of amides is 4. The lowest BCUT2D eigenvalue weighted by molar-refractivity contribution is -0.118. The van der Waals surface area contributed by atoms with E-state index < -0.39 is 47.7 Å². The number of halogens is 3. The van der Waals surface area contributed by atoms with E-state index in [0.717, 1.165) is 18.2 Å². The Labute approximate surface area is 275 Å². The van der Waals surface area contributed by atoms with Crippen LogP contribution in [0.2, 0.25) is 0 Å². The number of pyridine rings is 1. The highest BCUT2D eigenvalue weighted by Crippen LogP contribution is 2.43. The van der Waals surface area contributed by atoms with Gasteiger partial charge in [-0.05, 0) is 61.5 Å². The molecule has 0 radical (unpaired) electrons. The van der Waals surface area contributed by atoms with Crippen LogP contribution in [-0.4, -0.2) is 52.6 Å². The predicted molar refractivity (Wildman–Crippen MR) is 173 cm³/mol. The molecule has 16 heteroatoms. The van der Waals surface area contributed by atoms with Gasteiger partial charge in [-0.1, -0.05) is 6.58 Å². The smallest absolute Gasteiger partial charge is 0.356 e. The number of aliphatic hydroxyl groups is 1. The molecule has 2 aromatic heterocycles. The van der Waals surface area contributed by atoms with Gasteiger partial charge in [-0.3, -0.25) is 9.59 Å². The summed E-state index contributed by atoms with van der Waals surface area (Å²) in [4.78, 5) is 55.7. The molecule has 4 aromatic rings. The van der Waals surface area contributed by atoms with Crippen molar-refractivity contribution in [1.82, 2.24) is 9.97 Å². The van der Waals surface area contributed by atoms with Crippen molar-refractivity contribution in [3.05, 3.63) is 101 Å². The Morgan fingerprint density at radius 3 is 2.47 bits per heavy atom. The number of ether oxygens (including phenoxy) is 2. The molecule has 252 valence electrons. The summed E-state index contributed by atoms with van der Waals surface area (Å²) < 4.78 is 55.8. The maximum Gasteiger partial charge on any atom is 0.356 e. The normalized spacial score (nSPS) is 12.9. The molecule has 13 nitrogen and oxygen atoms in total. The molecule has 49 heavy (non-hydrogen) atoms. The van der Waals surface area contributed by atoms with Gasteiger partial charge >= 0.3 is 12.0 Å². The number of hydrogen-bond acceptors (Lipinski definition) is 8. The molecule has 0 fully saturated rings. The number of aryl methyl sites for hydroxylation is 1. The van der Waals surface area contributed by atoms with Crippen LogP contribution in [0.5, 0.6) is 11.5 Å². The number of aromatic amines is 1. The number of benzene rings is 2. The van der Waals surface area contributed by atoms with E-state index in [1.807, 2.05) is 0 Å². The van der Waals surface area contributed by atoms with Crippen molar-refractivity contribution >= 4 is 58.2 Å². The number of carbonyl (C=O) groups is 4. The number of nitrogens with zero attached hydrogens (tertiary/aromatic N) is 1. The highest BCUT2D eigenvalue weighted by atomic mass is 19.3. The standard InChI is InChI=1S/C33H27F3N6O7/c1-4-33(35,36)28-25(13-21-20-12-22(34)24(40-27(44)15-43)14-23(20)41-30(21)45)38-16(2)29(28)42-32(47)39-17-5-7-18(8-6-17)49-19-9-10-37-26(11-19)31(46)48-3/h4-14,38,43H,1,15H2,2-3H3,(H,40,44)(H,41,45)(H2,39,42,47)/b21-13-. The highest BCUT2D eigenvalue weighted by molar-refractivity contribution is 6.35. The second kappa shape index (κ2) is 13.7. The second-order valence-electron chi connectivity index (χ2n) is 10.4. The van der Waals surface area contributed by atoms with E-state index in [1.165, 1.54) is 56.6 Å². The van der Waals surface area contributed by atoms with Crippen LogP contribution < -0.4 is 26.0 Å². The molecule has 5 rings (SSSR count). The minimum absolute atomic E-state index is 0.0251. The van der Waals surface area contributed by atoms with Gasteiger partial charge in [-0.25, -0.2) is 19.0 Å². The zero-order valence-electron chi connectivity index (χ0n) is 25.7. The zero-order valence-corrected chi connectivity index (χ0v) is 25.7. The van der Waals surface area contributed by atoms with Gasteiger partial charge < -0.3 is 40.8 Å². The summed E-state index contributed by atoms with van der Waals surface area (Å²) in [6.07, 6.45) is 2.83. The van der Waals surface area contributed by atoms with Crippen molar-refractivity contribution in [2.75, 3.05) is 35.0 Å². The third kappa shape index (κ3) is 7.28. The van der Waals surface area contributed by atoms with Crippen LogP contribution in [0.15, 0.2) is 67.4 Å². The molecule has 0 spiro atoms. The number of H-pyrrole nitrogens is 1. The number of alkyl halides is 2. The minimum atomic E-state index is -3.71. The fraction of sp³-hybridized carbons (Fsp3) is 0.121. The summed E-state index contributed by atoms with van der Waals surface area (Å²) in [6, 6.07) is 10.1. The van der Waals surface area contributed by atoms with Gasteiger partial charge in [0.2, 0.25) is 5.91 Å². The lowest BCUT2D eigenvalue weighted by Gasteiger charge is -2.16. The largest absolute Gasteiger partial charge is 0.464 e. The molecule has 2 aromatic carbocycles. The number of urea groups is 1. The average Bonchev–Trinajstić information content (AvgIpc) is 3.55. The topological polar surface area (TPSA) is 184 Å². The first-order chi connectivity index (χ1) is 23.3. The molecule has 1 aliphatic rings. The van der Waals surface area contributed by atoms with Gasteiger partial charge in [0.1, 0.15) is 23.9 Å². The number of anilines is 4. The minimum Gasteiger partial charge on any atom is -0.464 e. The van der Waals surface area contributed by atoms with E-state index in [-0.39, 0.29) is 51.0 Å². The SMILES string of the molecule is C=CC(F)(F)c1c(/C=C2\C(=O)Nc3cc(NC(=O)CO)c(F)cc32)[nH]c(C)c1NC(=O)Nc1ccc(Oc2ccnc(C(=O)OC)c2)cc1. The molecule has 0 atom stereocenters. The number of aliphatic hydroxyl groups excluding tert-OH is 1. The highest BCUT2D eigenvalue weighted by Gasteiger charge is 2.37. The van der Waals surface area contributed by atoms with Crippen molar-refractivity contribution in [2.24, 2.45) is 0 Å². The van der Waals surface area contributed by atoms with Gasteiger partial charge in [-0.15, -0.1) is 0 Å². The maximum absolute atomic E-state index is 15.3. The van der Waals surface area contributed by atoms with Gasteiger partial charge in [0, 0.05) is 29.2 Å². The second-order valence-corrected chi connectivity index (χ2v) is 10.4. The van der Waals surface area contributed by atoms with E-state index in [2.05, 4.69) is 42.6 Å². The third-order valence-electron chi connectivity index (χ3n) is 7.12. The van der Waals surface area contributed by atoms with Crippen LogP contribution in [0.25, 0.3) is 11.6 Å². The van der Waals surface area contributed by atoms with Crippen molar-refractivity contribution < 1.29 is 46.9 Å². The molecular weight excluding hydrogens is 649 g/mol. The Morgan fingerprint density at radius 2 is 1.80 bits per heavy atom. The lowest BCUT2D eigenvalue weighted by atomic mass is 10.0. The Hall–Kier alpha value is -6.42. The fourth-order valence-electron chi connectivity index (χ4n) is 4.86. The molecule has 0 bridgehead atoms. The number of allylic oxidation sites excluding steroid dienone is 1. The van der Waals surface area contributed by atoms with Gasteiger partial charge in [0.15, 0.2) is 5.69 Å². The number of nitrogens with one attached hydrogen (secondary N) is 5.